The van der Waals surface area contributed by atoms with Crippen LogP contribution in [0.5, 0.6) is 0 Å². The Labute approximate surface area is 183 Å². The Morgan fingerprint density at radius 3 is 2.59 bits per heavy atom. The largest absolute Gasteiger partial charge is 0.490 e. The molecule has 1 fully saturated rings. The lowest BCUT2D eigenvalue weighted by Crippen LogP contribution is -2.31. The minimum Gasteiger partial charge on any atom is -0.454 e. The fourth-order valence-electron chi connectivity index (χ4n) is 4.00. The van der Waals surface area contributed by atoms with Crippen LogP contribution in [0.15, 0.2) is 59.6 Å². The molecule has 1 atom stereocenters. The number of aromatic nitrogens is 1. The monoisotopic (exact) mass is 466 g/mol. The Balaban J connectivity index is 1.56. The van der Waals surface area contributed by atoms with Crippen LogP contribution in [0.25, 0.3) is 10.9 Å². The van der Waals surface area contributed by atoms with E-state index in [9.17, 15) is 26.4 Å². The van der Waals surface area contributed by atoms with Gasteiger partial charge < -0.3 is 4.74 Å². The minimum absolute atomic E-state index is 0.181. The number of alkyl halides is 3. The number of nitrogens with zero attached hydrogens (tertiary/aromatic N) is 2. The number of halogens is 3. The third kappa shape index (κ3) is 4.24. The van der Waals surface area contributed by atoms with Gasteiger partial charge in [-0.2, -0.15) is 13.2 Å². The van der Waals surface area contributed by atoms with Gasteiger partial charge in [-0.1, -0.05) is 30.3 Å². The topological polar surface area (TPSA) is 68.6 Å². The Morgan fingerprint density at radius 2 is 1.88 bits per heavy atom. The molecule has 0 aliphatic carbocycles. The average Bonchev–Trinajstić information content (AvgIpc) is 3.35. The number of rotatable bonds is 5. The molecule has 2 aromatic carbocycles. The van der Waals surface area contributed by atoms with E-state index < -0.39 is 28.3 Å². The lowest BCUT2D eigenvalue weighted by molar-refractivity contribution is -0.204. The Hall–Kier alpha value is -2.85. The molecule has 1 unspecified atom stereocenters. The first-order valence-corrected chi connectivity index (χ1v) is 11.4. The van der Waals surface area contributed by atoms with E-state index in [0.717, 1.165) is 10.9 Å². The van der Waals surface area contributed by atoms with Crippen LogP contribution >= 0.6 is 0 Å². The molecule has 0 amide bonds. The number of carbonyl (C=O) groups excluding carboxylic acids is 1. The van der Waals surface area contributed by atoms with Crippen LogP contribution in [0.2, 0.25) is 0 Å². The number of ether oxygens (including phenoxy) is 1. The summed E-state index contributed by atoms with van der Waals surface area (Å²) in [4.78, 5) is 13.2. The second kappa shape index (κ2) is 8.25. The summed E-state index contributed by atoms with van der Waals surface area (Å²) in [7, 11) is -3.79. The second-order valence-electron chi connectivity index (χ2n) is 7.78. The van der Waals surface area contributed by atoms with Crippen LogP contribution in [0.1, 0.15) is 17.5 Å². The number of aryl methyl sites for hydroxylation is 1. The highest BCUT2D eigenvalue weighted by Gasteiger charge is 2.43. The first-order chi connectivity index (χ1) is 15.1. The normalized spacial score (nSPS) is 17.7. The van der Waals surface area contributed by atoms with E-state index in [1.54, 1.807) is 49.4 Å². The van der Waals surface area contributed by atoms with Gasteiger partial charge in [0.05, 0.1) is 10.4 Å². The quantitative estimate of drug-likeness (QED) is 0.534. The molecule has 0 N–H and O–H groups in total. The summed E-state index contributed by atoms with van der Waals surface area (Å²) in [6, 6.07) is 13.8. The zero-order valence-electron chi connectivity index (χ0n) is 17.2. The maximum atomic E-state index is 13.2. The number of benzene rings is 2. The molecule has 1 aromatic heterocycles. The Kier molecular flexibility index (Phi) is 5.76. The smallest absolute Gasteiger partial charge is 0.454 e. The van der Waals surface area contributed by atoms with Gasteiger partial charge in [0.1, 0.15) is 6.10 Å². The highest BCUT2D eigenvalue weighted by atomic mass is 32.2. The van der Waals surface area contributed by atoms with Crippen molar-refractivity contribution in [3.63, 3.8) is 0 Å². The van der Waals surface area contributed by atoms with Gasteiger partial charge in [-0.15, -0.1) is 0 Å². The molecule has 10 heteroatoms. The Bertz CT molecular complexity index is 1270. The zero-order chi connectivity index (χ0) is 23.1. The first-order valence-electron chi connectivity index (χ1n) is 9.97. The first kappa shape index (κ1) is 22.3. The molecule has 3 aromatic rings. The van der Waals surface area contributed by atoms with Gasteiger partial charge in [0.2, 0.25) is 0 Å². The molecule has 0 radical (unpaired) electrons. The lowest BCUT2D eigenvalue weighted by atomic mass is 10.1. The number of likely N-dealkylation sites (tertiary alicyclic amines) is 1. The fourth-order valence-corrected chi connectivity index (χ4v) is 5.58. The highest BCUT2D eigenvalue weighted by Crippen LogP contribution is 2.28. The minimum atomic E-state index is -5.01. The van der Waals surface area contributed by atoms with E-state index in [1.165, 1.54) is 10.2 Å². The summed E-state index contributed by atoms with van der Waals surface area (Å²) < 4.78 is 69.5. The third-order valence-electron chi connectivity index (χ3n) is 5.55. The van der Waals surface area contributed by atoms with Crippen LogP contribution in [0.4, 0.5) is 13.2 Å². The number of hydrogen-bond donors (Lipinski definition) is 0. The van der Waals surface area contributed by atoms with Crippen LogP contribution in [0, 0.1) is 6.92 Å². The van der Waals surface area contributed by atoms with Crippen molar-refractivity contribution in [3.8, 4) is 0 Å². The Morgan fingerprint density at radius 1 is 1.12 bits per heavy atom. The molecule has 170 valence electrons. The van der Waals surface area contributed by atoms with Gasteiger partial charge in [-0.3, -0.25) is 4.90 Å². The van der Waals surface area contributed by atoms with Crippen molar-refractivity contribution in [1.29, 1.82) is 0 Å². The number of hydrogen-bond acceptors (Lipinski definition) is 5. The molecular weight excluding hydrogens is 445 g/mol. The summed E-state index contributed by atoms with van der Waals surface area (Å²) in [5, 5.41) is 0.736. The summed E-state index contributed by atoms with van der Waals surface area (Å²) in [6.07, 6.45) is -4.02. The van der Waals surface area contributed by atoms with Gasteiger partial charge >= 0.3 is 12.1 Å². The van der Waals surface area contributed by atoms with E-state index in [4.69, 9.17) is 0 Å². The van der Waals surface area contributed by atoms with Gasteiger partial charge in [-0.25, -0.2) is 17.2 Å². The van der Waals surface area contributed by atoms with Crippen LogP contribution < -0.4 is 0 Å². The van der Waals surface area contributed by atoms with Crippen molar-refractivity contribution in [3.05, 3.63) is 65.9 Å². The lowest BCUT2D eigenvalue weighted by Gasteiger charge is -2.17. The van der Waals surface area contributed by atoms with Gasteiger partial charge in [0.15, 0.2) is 0 Å². The predicted molar refractivity (Wildman–Crippen MR) is 112 cm³/mol. The summed E-state index contributed by atoms with van der Waals surface area (Å²) >= 11 is 0. The van der Waals surface area contributed by atoms with Crippen LogP contribution in [-0.2, 0) is 26.1 Å². The van der Waals surface area contributed by atoms with Crippen molar-refractivity contribution >= 4 is 26.9 Å². The van der Waals surface area contributed by atoms with Gasteiger partial charge in [-0.05, 0) is 42.7 Å². The molecular formula is C22H21F3N2O4S. The van der Waals surface area contributed by atoms with E-state index in [1.807, 2.05) is 11.0 Å². The molecule has 32 heavy (non-hydrogen) atoms. The summed E-state index contributed by atoms with van der Waals surface area (Å²) in [6.45, 7) is 2.78. The highest BCUT2D eigenvalue weighted by molar-refractivity contribution is 7.90. The van der Waals surface area contributed by atoms with Crippen LogP contribution in [0.3, 0.4) is 0 Å². The maximum Gasteiger partial charge on any atom is 0.490 e. The standard InChI is InChI=1S/C22H21F3N2O4S/c1-15-5-2-3-8-20(15)32(29,30)27-12-10-18-16(6-4-7-19(18)27)13-26-11-9-17(14-26)31-21(28)22(23,24)25/h2-8,10,12,17H,9,11,13-14H2,1H3. The molecule has 0 bridgehead atoms. The molecule has 0 spiro atoms. The molecule has 1 aliphatic rings. The van der Waals surface area contributed by atoms with Gasteiger partial charge in [0.25, 0.3) is 10.0 Å². The van der Waals surface area contributed by atoms with Crippen LogP contribution in [-0.4, -0.2) is 48.6 Å². The van der Waals surface area contributed by atoms with Crippen molar-refractivity contribution in [2.24, 2.45) is 0 Å². The third-order valence-corrected chi connectivity index (χ3v) is 7.40. The maximum absolute atomic E-state index is 13.2. The summed E-state index contributed by atoms with van der Waals surface area (Å²) in [5.74, 6) is -2.18. The molecule has 1 aliphatic heterocycles. The molecule has 6 nitrogen and oxygen atoms in total. The van der Waals surface area contributed by atoms with Gasteiger partial charge in [0, 0.05) is 31.2 Å². The van der Waals surface area contributed by atoms with E-state index >= 15 is 0 Å². The zero-order valence-corrected chi connectivity index (χ0v) is 18.0. The number of fused-ring (bicyclic) bond motifs is 1. The number of esters is 1. The molecule has 1 saturated heterocycles. The average molecular weight is 466 g/mol. The second-order valence-corrected chi connectivity index (χ2v) is 9.56. The predicted octanol–water partition coefficient (Wildman–Crippen LogP) is 3.87. The van der Waals surface area contributed by atoms with Crippen molar-refractivity contribution < 1.29 is 31.1 Å². The van der Waals surface area contributed by atoms with E-state index in [0.29, 0.717) is 30.6 Å². The van der Waals surface area contributed by atoms with Crippen molar-refractivity contribution in [1.82, 2.24) is 8.87 Å². The van der Waals surface area contributed by atoms with E-state index in [-0.39, 0.29) is 11.4 Å². The van der Waals surface area contributed by atoms with E-state index in [2.05, 4.69) is 4.74 Å². The van der Waals surface area contributed by atoms with Crippen molar-refractivity contribution in [2.75, 3.05) is 13.1 Å². The summed E-state index contributed by atoms with van der Waals surface area (Å²) in [5.41, 5.74) is 2.00. The fraction of sp³-hybridized carbons (Fsp3) is 0.318. The number of carbonyl (C=O) groups is 1. The molecule has 4 rings (SSSR count). The molecule has 0 saturated carbocycles. The van der Waals surface area contributed by atoms with Crippen molar-refractivity contribution in [2.45, 2.75) is 37.1 Å². The SMILES string of the molecule is Cc1ccccc1S(=O)(=O)n1ccc2c(CN3CCC(OC(=O)C(F)(F)F)C3)cccc21. The molecule has 2 heterocycles.